The molecule has 0 aliphatic carbocycles. The molecular formula is C27H18Cl2N4S. The summed E-state index contributed by atoms with van der Waals surface area (Å²) in [5.74, 6) is 0.569. The lowest BCUT2D eigenvalue weighted by atomic mass is 10.0. The first-order chi connectivity index (χ1) is 16.7. The van der Waals surface area contributed by atoms with Crippen LogP contribution in [0.5, 0.6) is 0 Å². The van der Waals surface area contributed by atoms with E-state index in [0.29, 0.717) is 16.0 Å². The van der Waals surface area contributed by atoms with Crippen LogP contribution in [0.2, 0.25) is 10.0 Å². The van der Waals surface area contributed by atoms with E-state index in [-0.39, 0.29) is 6.04 Å². The molecule has 1 atom stereocenters. The molecule has 0 saturated carbocycles. The average molecular weight is 501 g/mol. The second kappa shape index (κ2) is 8.84. The van der Waals surface area contributed by atoms with Crippen molar-refractivity contribution in [1.82, 2.24) is 9.97 Å². The smallest absolute Gasteiger partial charge is 0.223 e. The number of aromatic nitrogens is 2. The van der Waals surface area contributed by atoms with Gasteiger partial charge in [0.05, 0.1) is 23.0 Å². The first-order valence-electron chi connectivity index (χ1n) is 10.8. The topological polar surface area (TPSA) is 41.4 Å². The van der Waals surface area contributed by atoms with Gasteiger partial charge in [0.25, 0.3) is 0 Å². The molecule has 4 nitrogen and oxygen atoms in total. The number of para-hydroxylation sites is 1. The minimum absolute atomic E-state index is 0.00760. The predicted octanol–water partition coefficient (Wildman–Crippen LogP) is 8.02. The Morgan fingerprint density at radius 1 is 0.794 bits per heavy atom. The molecule has 5 aromatic rings. The lowest BCUT2D eigenvalue weighted by Crippen LogP contribution is -2.20. The lowest BCUT2D eigenvalue weighted by molar-refractivity contribution is 0.700. The van der Waals surface area contributed by atoms with Crippen LogP contribution < -0.4 is 5.01 Å². The SMILES string of the molecule is Clc1ccc(-c2nc(N3N=C(c4cccc(Cl)c4)C[C@H]3c3cccs3)nc3ccccc23)cc1. The Hall–Kier alpha value is -3.25. The van der Waals surface area contributed by atoms with Crippen molar-refractivity contribution in [2.45, 2.75) is 12.5 Å². The van der Waals surface area contributed by atoms with Crippen molar-refractivity contribution in [3.05, 3.63) is 111 Å². The number of fused-ring (bicyclic) bond motifs is 1. The number of benzene rings is 3. The molecule has 3 aromatic carbocycles. The van der Waals surface area contributed by atoms with Crippen molar-refractivity contribution in [1.29, 1.82) is 0 Å². The van der Waals surface area contributed by atoms with Gasteiger partial charge in [-0.15, -0.1) is 11.3 Å². The fourth-order valence-electron chi connectivity index (χ4n) is 4.23. The van der Waals surface area contributed by atoms with Crippen LogP contribution in [0.15, 0.2) is 95.4 Å². The van der Waals surface area contributed by atoms with Gasteiger partial charge >= 0.3 is 0 Å². The Morgan fingerprint density at radius 3 is 2.44 bits per heavy atom. The monoisotopic (exact) mass is 500 g/mol. The van der Waals surface area contributed by atoms with Gasteiger partial charge in [-0.3, -0.25) is 0 Å². The highest BCUT2D eigenvalue weighted by Gasteiger charge is 2.33. The average Bonchev–Trinajstić information content (AvgIpc) is 3.54. The molecule has 6 rings (SSSR count). The van der Waals surface area contributed by atoms with Gasteiger partial charge in [0, 0.05) is 32.3 Å². The normalized spacial score (nSPS) is 15.6. The summed E-state index contributed by atoms with van der Waals surface area (Å²) >= 11 is 14.1. The van der Waals surface area contributed by atoms with Crippen molar-refractivity contribution in [2.75, 3.05) is 5.01 Å². The van der Waals surface area contributed by atoms with Crippen LogP contribution in [-0.2, 0) is 0 Å². The van der Waals surface area contributed by atoms with Crippen LogP contribution in [0.3, 0.4) is 0 Å². The second-order valence-corrected chi connectivity index (χ2v) is 9.89. The molecule has 1 aliphatic rings. The van der Waals surface area contributed by atoms with E-state index < -0.39 is 0 Å². The number of hydrogen-bond donors (Lipinski definition) is 0. The van der Waals surface area contributed by atoms with Crippen LogP contribution in [0.1, 0.15) is 22.9 Å². The Balaban J connectivity index is 1.52. The summed E-state index contributed by atoms with van der Waals surface area (Å²) in [6.07, 6.45) is 0.743. The van der Waals surface area contributed by atoms with Gasteiger partial charge in [-0.2, -0.15) is 5.10 Å². The summed E-state index contributed by atoms with van der Waals surface area (Å²) in [6.45, 7) is 0. The summed E-state index contributed by atoms with van der Waals surface area (Å²) in [7, 11) is 0. The molecule has 2 aromatic heterocycles. The van der Waals surface area contributed by atoms with E-state index in [2.05, 4.69) is 17.5 Å². The Labute approximate surface area is 211 Å². The number of thiophene rings is 1. The third-order valence-corrected chi connectivity index (χ3v) is 7.31. The summed E-state index contributed by atoms with van der Waals surface area (Å²) in [5.41, 5.74) is 4.68. The molecule has 0 N–H and O–H groups in total. The van der Waals surface area contributed by atoms with E-state index in [9.17, 15) is 0 Å². The molecule has 166 valence electrons. The minimum atomic E-state index is 0.00760. The maximum Gasteiger partial charge on any atom is 0.247 e. The highest BCUT2D eigenvalue weighted by molar-refractivity contribution is 7.10. The van der Waals surface area contributed by atoms with E-state index in [0.717, 1.165) is 39.9 Å². The molecule has 0 saturated heterocycles. The number of rotatable bonds is 4. The van der Waals surface area contributed by atoms with Crippen LogP contribution >= 0.6 is 34.5 Å². The van der Waals surface area contributed by atoms with Crippen LogP contribution in [0.4, 0.5) is 5.95 Å². The van der Waals surface area contributed by atoms with Crippen molar-refractivity contribution in [3.8, 4) is 11.3 Å². The van der Waals surface area contributed by atoms with Crippen molar-refractivity contribution in [2.24, 2.45) is 5.10 Å². The zero-order chi connectivity index (χ0) is 23.1. The zero-order valence-electron chi connectivity index (χ0n) is 17.9. The Kier molecular flexibility index (Phi) is 5.53. The molecule has 1 aliphatic heterocycles. The van der Waals surface area contributed by atoms with Crippen molar-refractivity contribution >= 4 is 57.1 Å². The number of hydrogen-bond acceptors (Lipinski definition) is 5. The molecule has 3 heterocycles. The number of hydrazone groups is 1. The fraction of sp³-hybridized carbons (Fsp3) is 0.0741. The van der Waals surface area contributed by atoms with E-state index in [4.69, 9.17) is 38.3 Å². The first kappa shape index (κ1) is 21.3. The van der Waals surface area contributed by atoms with Gasteiger partial charge < -0.3 is 0 Å². The van der Waals surface area contributed by atoms with Gasteiger partial charge in [-0.1, -0.05) is 71.7 Å². The molecule has 0 radical (unpaired) electrons. The van der Waals surface area contributed by atoms with Gasteiger partial charge in [0.2, 0.25) is 5.95 Å². The third-order valence-electron chi connectivity index (χ3n) is 5.85. The van der Waals surface area contributed by atoms with Gasteiger partial charge in [0.15, 0.2) is 0 Å². The van der Waals surface area contributed by atoms with E-state index in [1.54, 1.807) is 11.3 Å². The van der Waals surface area contributed by atoms with E-state index in [1.165, 1.54) is 4.88 Å². The van der Waals surface area contributed by atoms with Crippen molar-refractivity contribution < 1.29 is 0 Å². The predicted molar refractivity (Wildman–Crippen MR) is 142 cm³/mol. The van der Waals surface area contributed by atoms with E-state index in [1.807, 2.05) is 77.8 Å². The number of nitrogens with zero attached hydrogens (tertiary/aromatic N) is 4. The van der Waals surface area contributed by atoms with Crippen LogP contribution in [0, 0.1) is 0 Å². The van der Waals surface area contributed by atoms with Crippen molar-refractivity contribution in [3.63, 3.8) is 0 Å². The summed E-state index contributed by atoms with van der Waals surface area (Å²) in [6, 6.07) is 27.8. The van der Waals surface area contributed by atoms with Gasteiger partial charge in [-0.05, 0) is 47.3 Å². The second-order valence-electron chi connectivity index (χ2n) is 8.03. The summed E-state index contributed by atoms with van der Waals surface area (Å²) < 4.78 is 0. The highest BCUT2D eigenvalue weighted by Crippen LogP contribution is 2.39. The maximum absolute atomic E-state index is 6.28. The Morgan fingerprint density at radius 2 is 1.65 bits per heavy atom. The van der Waals surface area contributed by atoms with Gasteiger partial charge in [-0.25, -0.2) is 15.0 Å². The fourth-order valence-corrected chi connectivity index (χ4v) is 5.36. The molecule has 0 amide bonds. The first-order valence-corrected chi connectivity index (χ1v) is 12.5. The van der Waals surface area contributed by atoms with Gasteiger partial charge in [0.1, 0.15) is 0 Å². The molecule has 0 bridgehead atoms. The minimum Gasteiger partial charge on any atom is -0.223 e. The number of halogens is 2. The molecular weight excluding hydrogens is 483 g/mol. The maximum atomic E-state index is 6.28. The third kappa shape index (κ3) is 3.96. The molecule has 0 unspecified atom stereocenters. The largest absolute Gasteiger partial charge is 0.247 e. The quantitative estimate of drug-likeness (QED) is 0.250. The molecule has 0 fully saturated rings. The highest BCUT2D eigenvalue weighted by atomic mass is 35.5. The standard InChI is InChI=1S/C27H18Cl2N4S/c28-19-12-10-17(11-13-19)26-21-7-1-2-8-22(21)30-27(31-26)33-24(25-9-4-14-34-25)16-23(32-33)18-5-3-6-20(29)15-18/h1-15,24H,16H2/t24-/m0/s1. The zero-order valence-corrected chi connectivity index (χ0v) is 20.2. The Bertz CT molecular complexity index is 1510. The molecule has 7 heteroatoms. The molecule has 34 heavy (non-hydrogen) atoms. The molecule has 0 spiro atoms. The summed E-state index contributed by atoms with van der Waals surface area (Å²) in [4.78, 5) is 11.2. The van der Waals surface area contributed by atoms with Crippen LogP contribution in [0.25, 0.3) is 22.2 Å². The number of anilines is 1. The lowest BCUT2D eigenvalue weighted by Gasteiger charge is -2.21. The summed E-state index contributed by atoms with van der Waals surface area (Å²) in [5, 5.41) is 11.4. The van der Waals surface area contributed by atoms with Crippen LogP contribution in [-0.4, -0.2) is 15.7 Å². The van der Waals surface area contributed by atoms with E-state index >= 15 is 0 Å².